The predicted octanol–water partition coefficient (Wildman–Crippen LogP) is 4.91. The third-order valence-electron chi connectivity index (χ3n) is 4.64. The molecule has 5 heteroatoms. The van der Waals surface area contributed by atoms with Crippen LogP contribution >= 0.6 is 22.7 Å². The largest absolute Gasteiger partial charge is 0.365 e. The fourth-order valence-electron chi connectivity index (χ4n) is 3.42. The molecule has 3 heterocycles. The Morgan fingerprint density at radius 2 is 1.92 bits per heavy atom. The first kappa shape index (κ1) is 16.5. The molecule has 0 radical (unpaired) electrons. The molecule has 3 aromatic rings. The Morgan fingerprint density at radius 1 is 1.08 bits per heavy atom. The first-order valence-corrected chi connectivity index (χ1v) is 10.1. The van der Waals surface area contributed by atoms with E-state index < -0.39 is 0 Å². The molecule has 2 aromatic heterocycles. The quantitative estimate of drug-likeness (QED) is 0.695. The summed E-state index contributed by atoms with van der Waals surface area (Å²) in [6.07, 6.45) is 2.35. The molecular weight excluding hydrogens is 348 g/mol. The molecule has 128 valence electrons. The summed E-state index contributed by atoms with van der Waals surface area (Å²) in [5, 5.41) is 0. The molecule has 1 aliphatic rings. The molecule has 0 spiro atoms. The van der Waals surface area contributed by atoms with Crippen LogP contribution in [0.2, 0.25) is 0 Å². The summed E-state index contributed by atoms with van der Waals surface area (Å²) in [4.78, 5) is 18.5. The minimum atomic E-state index is -0.327. The molecule has 1 unspecified atom stereocenters. The van der Waals surface area contributed by atoms with Crippen LogP contribution < -0.4 is 5.73 Å². The van der Waals surface area contributed by atoms with Gasteiger partial charge in [-0.25, -0.2) is 0 Å². The first-order chi connectivity index (χ1) is 12.2. The molecule has 1 atom stereocenters. The van der Waals surface area contributed by atoms with Crippen LogP contribution in [-0.4, -0.2) is 17.4 Å². The molecule has 0 bridgehead atoms. The Balaban J connectivity index is 1.50. The number of nitrogens with zero attached hydrogens (tertiary/aromatic N) is 1. The number of hydrogen-bond donors (Lipinski definition) is 1. The van der Waals surface area contributed by atoms with Gasteiger partial charge in [0.2, 0.25) is 0 Å². The van der Waals surface area contributed by atoms with Gasteiger partial charge < -0.3 is 5.73 Å². The molecule has 1 amide bonds. The molecule has 1 fully saturated rings. The molecule has 3 nitrogen and oxygen atoms in total. The van der Waals surface area contributed by atoms with Crippen molar-refractivity contribution in [2.75, 3.05) is 6.54 Å². The van der Waals surface area contributed by atoms with Crippen molar-refractivity contribution in [1.82, 2.24) is 4.90 Å². The van der Waals surface area contributed by atoms with Crippen molar-refractivity contribution in [1.29, 1.82) is 0 Å². The van der Waals surface area contributed by atoms with Crippen molar-refractivity contribution in [2.24, 2.45) is 5.73 Å². The van der Waals surface area contributed by atoms with Gasteiger partial charge in [-0.2, -0.15) is 0 Å². The lowest BCUT2D eigenvalue weighted by Gasteiger charge is -2.22. The van der Waals surface area contributed by atoms with Crippen molar-refractivity contribution < 1.29 is 4.79 Å². The molecule has 1 aliphatic heterocycles. The second kappa shape index (κ2) is 7.12. The third-order valence-corrected chi connectivity index (χ3v) is 6.96. The topological polar surface area (TPSA) is 46.3 Å². The summed E-state index contributed by atoms with van der Waals surface area (Å²) in [5.41, 5.74) is 6.68. The minimum Gasteiger partial charge on any atom is -0.365 e. The number of primary amides is 1. The van der Waals surface area contributed by atoms with E-state index in [2.05, 4.69) is 47.4 Å². The average molecular weight is 369 g/mol. The van der Waals surface area contributed by atoms with Crippen LogP contribution in [0.4, 0.5) is 0 Å². The predicted molar refractivity (Wildman–Crippen MR) is 105 cm³/mol. The Labute approximate surface area is 155 Å². The van der Waals surface area contributed by atoms with E-state index in [1.54, 1.807) is 11.3 Å². The maximum Gasteiger partial charge on any atom is 0.258 e. The molecule has 0 saturated carbocycles. The van der Waals surface area contributed by atoms with Gasteiger partial charge in [-0.05, 0) is 49.2 Å². The molecule has 25 heavy (non-hydrogen) atoms. The summed E-state index contributed by atoms with van der Waals surface area (Å²) in [5.74, 6) is -0.327. The fourth-order valence-corrected chi connectivity index (χ4v) is 5.49. The summed E-state index contributed by atoms with van der Waals surface area (Å²) in [7, 11) is 0. The van der Waals surface area contributed by atoms with Crippen LogP contribution in [0, 0.1) is 0 Å². The monoisotopic (exact) mass is 368 g/mol. The Kier molecular flexibility index (Phi) is 4.70. The van der Waals surface area contributed by atoms with E-state index in [0.717, 1.165) is 19.5 Å². The number of thiophene rings is 2. The fraction of sp³-hybridized carbons (Fsp3) is 0.250. The maximum absolute atomic E-state index is 11.4. The van der Waals surface area contributed by atoms with Crippen molar-refractivity contribution >= 4 is 28.6 Å². The number of carbonyl (C=O) groups excluding carboxylic acids is 1. The van der Waals surface area contributed by atoms with Crippen LogP contribution in [0.25, 0.3) is 10.4 Å². The number of likely N-dealkylation sites (tertiary alicyclic amines) is 1. The van der Waals surface area contributed by atoms with Gasteiger partial charge in [0.1, 0.15) is 0 Å². The van der Waals surface area contributed by atoms with E-state index in [-0.39, 0.29) is 5.91 Å². The SMILES string of the molecule is NC(=O)c1ccc(C2CCCN2Cc2ccc(-c3ccccc3)s2)s1. The molecule has 1 aromatic carbocycles. The second-order valence-corrected chi connectivity index (χ2v) is 8.61. The van der Waals surface area contributed by atoms with Gasteiger partial charge in [0.05, 0.1) is 4.88 Å². The van der Waals surface area contributed by atoms with Crippen LogP contribution in [0.3, 0.4) is 0 Å². The summed E-state index contributed by atoms with van der Waals surface area (Å²) in [6, 6.07) is 19.3. The first-order valence-electron chi connectivity index (χ1n) is 8.48. The molecule has 4 rings (SSSR count). The van der Waals surface area contributed by atoms with Crippen molar-refractivity contribution in [2.45, 2.75) is 25.4 Å². The number of nitrogens with two attached hydrogens (primary N) is 1. The van der Waals surface area contributed by atoms with Crippen LogP contribution in [0.1, 0.15) is 38.3 Å². The third kappa shape index (κ3) is 3.54. The number of rotatable bonds is 5. The highest BCUT2D eigenvalue weighted by Gasteiger charge is 2.28. The van der Waals surface area contributed by atoms with E-state index in [1.807, 2.05) is 23.5 Å². The Morgan fingerprint density at radius 3 is 2.68 bits per heavy atom. The van der Waals surface area contributed by atoms with Gasteiger partial charge >= 0.3 is 0 Å². The van der Waals surface area contributed by atoms with Gasteiger partial charge in [0, 0.05) is 27.2 Å². The molecule has 0 aliphatic carbocycles. The average Bonchev–Trinajstić information content (AvgIpc) is 3.36. The van der Waals surface area contributed by atoms with E-state index >= 15 is 0 Å². The zero-order valence-electron chi connectivity index (χ0n) is 13.9. The highest BCUT2D eigenvalue weighted by Crippen LogP contribution is 2.38. The lowest BCUT2D eigenvalue weighted by Crippen LogP contribution is -2.21. The zero-order chi connectivity index (χ0) is 17.2. The van der Waals surface area contributed by atoms with Crippen LogP contribution in [-0.2, 0) is 6.54 Å². The van der Waals surface area contributed by atoms with Gasteiger partial charge in [0.15, 0.2) is 0 Å². The summed E-state index contributed by atoms with van der Waals surface area (Å²) in [6.45, 7) is 2.07. The lowest BCUT2D eigenvalue weighted by atomic mass is 10.2. The molecule has 2 N–H and O–H groups in total. The van der Waals surface area contributed by atoms with Gasteiger partial charge in [-0.15, -0.1) is 22.7 Å². The normalized spacial score (nSPS) is 17.8. The van der Waals surface area contributed by atoms with E-state index in [1.165, 1.54) is 26.6 Å². The van der Waals surface area contributed by atoms with Gasteiger partial charge in [-0.3, -0.25) is 9.69 Å². The highest BCUT2D eigenvalue weighted by atomic mass is 32.1. The van der Waals surface area contributed by atoms with Crippen LogP contribution in [0.5, 0.6) is 0 Å². The maximum atomic E-state index is 11.4. The van der Waals surface area contributed by atoms with Crippen molar-refractivity contribution in [3.63, 3.8) is 0 Å². The van der Waals surface area contributed by atoms with E-state index in [9.17, 15) is 4.79 Å². The molecular formula is C20H20N2OS2. The van der Waals surface area contributed by atoms with Gasteiger partial charge in [-0.1, -0.05) is 30.3 Å². The Hall–Kier alpha value is -1.95. The molecule has 1 saturated heterocycles. The van der Waals surface area contributed by atoms with Crippen LogP contribution in [0.15, 0.2) is 54.6 Å². The Bertz CT molecular complexity index is 869. The second-order valence-electron chi connectivity index (χ2n) is 6.33. The van der Waals surface area contributed by atoms with Gasteiger partial charge in [0.25, 0.3) is 5.91 Å². The van der Waals surface area contributed by atoms with Crippen molar-refractivity contribution in [3.8, 4) is 10.4 Å². The number of carbonyl (C=O) groups is 1. The zero-order valence-corrected chi connectivity index (χ0v) is 15.5. The van der Waals surface area contributed by atoms with E-state index in [4.69, 9.17) is 5.73 Å². The number of amides is 1. The highest BCUT2D eigenvalue weighted by molar-refractivity contribution is 7.15. The summed E-state index contributed by atoms with van der Waals surface area (Å²) < 4.78 is 0. The number of benzene rings is 1. The number of hydrogen-bond acceptors (Lipinski definition) is 4. The lowest BCUT2D eigenvalue weighted by molar-refractivity contribution is 0.100. The van der Waals surface area contributed by atoms with Crippen molar-refractivity contribution in [3.05, 3.63) is 69.2 Å². The summed E-state index contributed by atoms with van der Waals surface area (Å²) >= 11 is 3.41. The minimum absolute atomic E-state index is 0.327. The van der Waals surface area contributed by atoms with E-state index in [0.29, 0.717) is 10.9 Å². The smallest absolute Gasteiger partial charge is 0.258 e. The standard InChI is InChI=1S/C20H20N2OS2/c21-20(23)19-11-10-18(25-19)16-7-4-12-22(16)13-15-8-9-17(24-15)14-5-2-1-3-6-14/h1-3,5-6,8-11,16H,4,7,12-13H2,(H2,21,23).